The molecule has 0 aliphatic carbocycles. The van der Waals surface area contributed by atoms with Gasteiger partial charge in [0.15, 0.2) is 5.82 Å². The number of sulfonamides is 1. The molecule has 0 saturated carbocycles. The smallest absolute Gasteiger partial charge is 0.234 e. The molecular weight excluding hydrogens is 264 g/mol. The summed E-state index contributed by atoms with van der Waals surface area (Å²) < 4.78 is 31.2. The Hall–Kier alpha value is -1.82. The van der Waals surface area contributed by atoms with Gasteiger partial charge in [0.1, 0.15) is 6.26 Å². The summed E-state index contributed by atoms with van der Waals surface area (Å²) in [5.74, 6) is 0.162. The van der Waals surface area contributed by atoms with E-state index in [1.165, 1.54) is 6.26 Å². The summed E-state index contributed by atoms with van der Waals surface area (Å²) in [4.78, 5) is 0. The van der Waals surface area contributed by atoms with Crippen LogP contribution in [-0.2, 0) is 10.0 Å². The number of aryl methyl sites for hydroxylation is 1. The third kappa shape index (κ3) is 3.57. The van der Waals surface area contributed by atoms with Gasteiger partial charge in [0.05, 0.1) is 5.75 Å². The molecule has 0 bridgehead atoms. The minimum Gasteiger partial charge on any atom is -0.362 e. The van der Waals surface area contributed by atoms with Gasteiger partial charge in [-0.3, -0.25) is 4.72 Å². The largest absolute Gasteiger partial charge is 0.362 e. The lowest BCUT2D eigenvalue weighted by molar-refractivity contribution is 0.422. The number of aromatic nitrogens is 1. The molecule has 5 nitrogen and oxygen atoms in total. The lowest BCUT2D eigenvalue weighted by Gasteiger charge is -2.12. The highest BCUT2D eigenvalue weighted by atomic mass is 32.2. The van der Waals surface area contributed by atoms with Crippen LogP contribution in [0.15, 0.2) is 41.1 Å². The summed E-state index contributed by atoms with van der Waals surface area (Å²) in [5, 5.41) is 3.62. The zero-order valence-corrected chi connectivity index (χ0v) is 11.6. The minimum absolute atomic E-state index is 0.00329. The van der Waals surface area contributed by atoms with Crippen molar-refractivity contribution in [2.24, 2.45) is 0 Å². The van der Waals surface area contributed by atoms with E-state index in [1.807, 2.05) is 37.3 Å². The molecule has 0 saturated heterocycles. The van der Waals surface area contributed by atoms with E-state index in [0.717, 1.165) is 5.56 Å². The number of hydrogen-bond donors (Lipinski definition) is 1. The average molecular weight is 280 g/mol. The van der Waals surface area contributed by atoms with Crippen molar-refractivity contribution in [1.82, 2.24) is 5.16 Å². The predicted molar refractivity (Wildman–Crippen MR) is 73.5 cm³/mol. The summed E-state index contributed by atoms with van der Waals surface area (Å²) in [6.07, 6.45) is 1.40. The maximum atomic E-state index is 12.0. The topological polar surface area (TPSA) is 72.2 Å². The Morgan fingerprint density at radius 1 is 1.32 bits per heavy atom. The minimum atomic E-state index is -3.45. The lowest BCUT2D eigenvalue weighted by atomic mass is 10.0. The molecule has 19 heavy (non-hydrogen) atoms. The van der Waals surface area contributed by atoms with Crippen molar-refractivity contribution in [2.45, 2.75) is 19.8 Å². The van der Waals surface area contributed by atoms with Crippen LogP contribution in [0.5, 0.6) is 0 Å². The van der Waals surface area contributed by atoms with Gasteiger partial charge < -0.3 is 4.52 Å². The Morgan fingerprint density at radius 2 is 2.00 bits per heavy atom. The molecule has 1 N–H and O–H groups in total. The molecule has 0 aliphatic rings. The Bertz CT molecular complexity index is 635. The van der Waals surface area contributed by atoms with Crippen LogP contribution < -0.4 is 4.72 Å². The second-order valence-electron chi connectivity index (χ2n) is 4.54. The van der Waals surface area contributed by atoms with E-state index in [9.17, 15) is 8.42 Å². The van der Waals surface area contributed by atoms with E-state index in [2.05, 4.69) is 9.88 Å². The van der Waals surface area contributed by atoms with Crippen molar-refractivity contribution < 1.29 is 12.9 Å². The van der Waals surface area contributed by atoms with E-state index >= 15 is 0 Å². The molecule has 0 amide bonds. The van der Waals surface area contributed by atoms with Crippen molar-refractivity contribution in [1.29, 1.82) is 0 Å². The number of hydrogen-bond acceptors (Lipinski definition) is 4. The van der Waals surface area contributed by atoms with Crippen LogP contribution in [0.2, 0.25) is 0 Å². The van der Waals surface area contributed by atoms with Crippen molar-refractivity contribution in [2.75, 3.05) is 10.5 Å². The van der Waals surface area contributed by atoms with Gasteiger partial charge in [-0.25, -0.2) is 8.42 Å². The summed E-state index contributed by atoms with van der Waals surface area (Å²) in [7, 11) is -3.45. The average Bonchev–Trinajstić information content (AvgIpc) is 2.75. The Balaban J connectivity index is 2.08. The molecule has 1 aromatic carbocycles. The molecule has 102 valence electrons. The fourth-order valence-electron chi connectivity index (χ4n) is 1.78. The first-order valence-corrected chi connectivity index (χ1v) is 7.59. The Labute approximate surface area is 112 Å². The first-order chi connectivity index (χ1) is 8.98. The summed E-state index contributed by atoms with van der Waals surface area (Å²) in [6, 6.07) is 9.53. The number of nitrogens with one attached hydrogen (secondary N) is 1. The molecule has 0 aliphatic heterocycles. The fourth-order valence-corrected chi connectivity index (χ4v) is 3.21. The SMILES string of the molecule is Cc1conc1NS(=O)(=O)C[C@@H](C)c1ccccc1. The molecule has 1 aromatic heterocycles. The lowest BCUT2D eigenvalue weighted by Crippen LogP contribution is -2.21. The van der Waals surface area contributed by atoms with Crippen molar-refractivity contribution in [3.8, 4) is 0 Å². The van der Waals surface area contributed by atoms with Crippen LogP contribution in [0.25, 0.3) is 0 Å². The van der Waals surface area contributed by atoms with Gasteiger partial charge in [-0.1, -0.05) is 42.4 Å². The molecule has 0 spiro atoms. The van der Waals surface area contributed by atoms with E-state index in [1.54, 1.807) is 6.92 Å². The van der Waals surface area contributed by atoms with Gasteiger partial charge in [-0.05, 0) is 18.4 Å². The zero-order chi connectivity index (χ0) is 13.9. The number of rotatable bonds is 5. The van der Waals surface area contributed by atoms with Crippen LogP contribution in [0.1, 0.15) is 24.0 Å². The third-order valence-corrected chi connectivity index (χ3v) is 4.28. The number of anilines is 1. The molecule has 6 heteroatoms. The highest BCUT2D eigenvalue weighted by Crippen LogP contribution is 2.19. The van der Waals surface area contributed by atoms with Gasteiger partial charge in [0.2, 0.25) is 10.0 Å². The summed E-state index contributed by atoms with van der Waals surface area (Å²) in [6.45, 7) is 3.61. The number of benzene rings is 1. The van der Waals surface area contributed by atoms with Crippen LogP contribution >= 0.6 is 0 Å². The normalized spacial score (nSPS) is 13.2. The van der Waals surface area contributed by atoms with Crippen LogP contribution in [0.4, 0.5) is 5.82 Å². The molecule has 2 rings (SSSR count). The maximum Gasteiger partial charge on any atom is 0.234 e. The third-order valence-electron chi connectivity index (χ3n) is 2.84. The molecule has 2 aromatic rings. The quantitative estimate of drug-likeness (QED) is 0.913. The summed E-state index contributed by atoms with van der Waals surface area (Å²) >= 11 is 0. The highest BCUT2D eigenvalue weighted by Gasteiger charge is 2.19. The molecule has 0 fully saturated rings. The van der Waals surface area contributed by atoms with Crippen LogP contribution in [-0.4, -0.2) is 19.3 Å². The van der Waals surface area contributed by atoms with E-state index in [4.69, 9.17) is 4.52 Å². The number of nitrogens with zero attached hydrogens (tertiary/aromatic N) is 1. The first-order valence-electron chi connectivity index (χ1n) is 5.94. The van der Waals surface area contributed by atoms with Gasteiger partial charge in [-0.15, -0.1) is 0 Å². The van der Waals surface area contributed by atoms with Gasteiger partial charge in [0, 0.05) is 5.56 Å². The Morgan fingerprint density at radius 3 is 2.58 bits per heavy atom. The van der Waals surface area contributed by atoms with Crippen LogP contribution in [0, 0.1) is 6.92 Å². The predicted octanol–water partition coefficient (Wildman–Crippen LogP) is 2.53. The van der Waals surface area contributed by atoms with Crippen LogP contribution in [0.3, 0.4) is 0 Å². The molecule has 0 radical (unpaired) electrons. The van der Waals surface area contributed by atoms with E-state index in [0.29, 0.717) is 5.56 Å². The zero-order valence-electron chi connectivity index (χ0n) is 10.8. The van der Waals surface area contributed by atoms with Gasteiger partial charge in [0.25, 0.3) is 0 Å². The molecular formula is C13H16N2O3S. The Kier molecular flexibility index (Phi) is 3.90. The second kappa shape index (κ2) is 5.44. The standard InChI is InChI=1S/C13H16N2O3S/c1-10-8-18-14-13(10)15-19(16,17)9-11(2)12-6-4-3-5-7-12/h3-8,11H,9H2,1-2H3,(H,14,15)/t11-/m1/s1. The van der Waals surface area contributed by atoms with Crippen molar-refractivity contribution in [3.05, 3.63) is 47.7 Å². The molecule has 1 heterocycles. The fraction of sp³-hybridized carbons (Fsp3) is 0.308. The van der Waals surface area contributed by atoms with Crippen molar-refractivity contribution >= 4 is 15.8 Å². The van der Waals surface area contributed by atoms with E-state index in [-0.39, 0.29) is 17.5 Å². The van der Waals surface area contributed by atoms with Gasteiger partial charge in [-0.2, -0.15) is 0 Å². The molecule has 1 atom stereocenters. The summed E-state index contributed by atoms with van der Waals surface area (Å²) in [5.41, 5.74) is 1.65. The maximum absolute atomic E-state index is 12.0. The van der Waals surface area contributed by atoms with Gasteiger partial charge >= 0.3 is 0 Å². The van der Waals surface area contributed by atoms with Crippen molar-refractivity contribution in [3.63, 3.8) is 0 Å². The highest BCUT2D eigenvalue weighted by molar-refractivity contribution is 7.92. The van der Waals surface area contributed by atoms with E-state index < -0.39 is 10.0 Å². The monoisotopic (exact) mass is 280 g/mol. The second-order valence-corrected chi connectivity index (χ2v) is 6.31. The first kappa shape index (κ1) is 13.6. The molecule has 0 unspecified atom stereocenters.